The van der Waals surface area contributed by atoms with E-state index in [0.717, 1.165) is 28.3 Å². The average Bonchev–Trinajstić information content (AvgIpc) is 2.37. The Hall–Kier alpha value is -1.60. The smallest absolute Gasteiger partial charge is 0.0704 e. The third kappa shape index (κ3) is 2.75. The Morgan fingerprint density at radius 3 is 2.35 bits per heavy atom. The van der Waals surface area contributed by atoms with E-state index in [9.17, 15) is 0 Å². The molecule has 0 bridgehead atoms. The molecule has 0 aliphatic rings. The Bertz CT molecular complexity index is 532. The van der Waals surface area contributed by atoms with Crippen molar-refractivity contribution >= 4 is 23.5 Å². The lowest BCUT2D eigenvalue weighted by molar-refractivity contribution is 1.31. The number of hydrogen-bond acceptors (Lipinski definition) is 1. The fourth-order valence-electron chi connectivity index (χ4n) is 1.68. The van der Waals surface area contributed by atoms with Gasteiger partial charge in [-0.15, -0.1) is 0 Å². The first-order valence-electron chi connectivity index (χ1n) is 5.69. The maximum absolute atomic E-state index is 6.21. The molecule has 0 aromatic heterocycles. The molecule has 0 spiro atoms. The first kappa shape index (κ1) is 11.9. The van der Waals surface area contributed by atoms with Gasteiger partial charge in [0.25, 0.3) is 0 Å². The highest BCUT2D eigenvalue weighted by Crippen LogP contribution is 2.34. The Morgan fingerprint density at radius 2 is 1.65 bits per heavy atom. The zero-order valence-electron chi connectivity index (χ0n) is 9.73. The van der Waals surface area contributed by atoms with Gasteiger partial charge in [0.15, 0.2) is 0 Å². The van der Waals surface area contributed by atoms with Gasteiger partial charge in [-0.25, -0.2) is 0 Å². The topological polar surface area (TPSA) is 12.4 Å². The maximum atomic E-state index is 6.21. The van der Waals surface area contributed by atoms with Crippen LogP contribution in [0.2, 0.25) is 5.02 Å². The van der Waals surface area contributed by atoms with Crippen molar-refractivity contribution in [1.82, 2.24) is 0 Å². The van der Waals surface area contributed by atoms with Crippen molar-refractivity contribution in [1.29, 1.82) is 0 Å². The van der Waals surface area contributed by atoms with E-state index in [0.29, 0.717) is 0 Å². The summed E-state index contributed by atoms with van der Waals surface area (Å²) in [4.78, 5) is 4.46. The van der Waals surface area contributed by atoms with Gasteiger partial charge in [0, 0.05) is 22.4 Å². The zero-order chi connectivity index (χ0) is 12.1. The highest BCUT2D eigenvalue weighted by molar-refractivity contribution is 6.33. The third-order valence-electron chi connectivity index (χ3n) is 2.48. The van der Waals surface area contributed by atoms with Crippen LogP contribution in [0.15, 0.2) is 53.5 Å². The molecule has 0 heterocycles. The SMILES string of the molecule is CC/C=N/c1ccccc1-c1ccccc1Cl. The molecule has 2 aromatic rings. The summed E-state index contributed by atoms with van der Waals surface area (Å²) < 4.78 is 0. The molecule has 0 unspecified atom stereocenters. The number of para-hydroxylation sites is 1. The molecule has 0 amide bonds. The zero-order valence-corrected chi connectivity index (χ0v) is 10.5. The van der Waals surface area contributed by atoms with E-state index in [2.05, 4.69) is 11.9 Å². The van der Waals surface area contributed by atoms with Crippen molar-refractivity contribution in [3.05, 3.63) is 53.6 Å². The van der Waals surface area contributed by atoms with Gasteiger partial charge in [-0.1, -0.05) is 54.9 Å². The van der Waals surface area contributed by atoms with Gasteiger partial charge in [-0.05, 0) is 18.6 Å². The second-order valence-corrected chi connectivity index (χ2v) is 4.12. The number of rotatable bonds is 3. The minimum absolute atomic E-state index is 0.756. The molecule has 0 saturated carbocycles. The number of benzene rings is 2. The molecule has 1 nitrogen and oxygen atoms in total. The number of nitrogens with zero attached hydrogens (tertiary/aromatic N) is 1. The molecule has 0 saturated heterocycles. The maximum Gasteiger partial charge on any atom is 0.0704 e. The molecule has 0 aliphatic heterocycles. The first-order valence-corrected chi connectivity index (χ1v) is 6.07. The molecule has 2 aromatic carbocycles. The van der Waals surface area contributed by atoms with Gasteiger partial charge in [0.05, 0.1) is 5.69 Å². The minimum atomic E-state index is 0.756. The first-order chi connectivity index (χ1) is 8.33. The van der Waals surface area contributed by atoms with Crippen molar-refractivity contribution in [2.45, 2.75) is 13.3 Å². The fraction of sp³-hybridized carbons (Fsp3) is 0.133. The summed E-state index contributed by atoms with van der Waals surface area (Å²) in [5.41, 5.74) is 3.06. The van der Waals surface area contributed by atoms with Crippen molar-refractivity contribution in [3.63, 3.8) is 0 Å². The van der Waals surface area contributed by atoms with Crippen LogP contribution in [0.3, 0.4) is 0 Å². The summed E-state index contributed by atoms with van der Waals surface area (Å²) in [6.45, 7) is 2.07. The molecule has 2 heteroatoms. The van der Waals surface area contributed by atoms with Crippen LogP contribution in [0.4, 0.5) is 5.69 Å². The molecular formula is C15H14ClN. The Morgan fingerprint density at radius 1 is 1.00 bits per heavy atom. The highest BCUT2D eigenvalue weighted by Gasteiger charge is 2.06. The third-order valence-corrected chi connectivity index (χ3v) is 2.81. The van der Waals surface area contributed by atoms with Crippen LogP contribution in [-0.4, -0.2) is 6.21 Å². The summed E-state index contributed by atoms with van der Waals surface area (Å²) in [6, 6.07) is 15.9. The molecule has 17 heavy (non-hydrogen) atoms. The molecular weight excluding hydrogens is 230 g/mol. The predicted molar refractivity (Wildman–Crippen MR) is 75.3 cm³/mol. The van der Waals surface area contributed by atoms with E-state index in [1.807, 2.05) is 54.7 Å². The van der Waals surface area contributed by atoms with Crippen LogP contribution < -0.4 is 0 Å². The molecule has 0 N–H and O–H groups in total. The van der Waals surface area contributed by atoms with Crippen LogP contribution in [0.25, 0.3) is 11.1 Å². The molecule has 2 rings (SSSR count). The number of hydrogen-bond donors (Lipinski definition) is 0. The van der Waals surface area contributed by atoms with Crippen LogP contribution in [-0.2, 0) is 0 Å². The molecule has 86 valence electrons. The van der Waals surface area contributed by atoms with Crippen LogP contribution in [0.5, 0.6) is 0 Å². The van der Waals surface area contributed by atoms with Gasteiger partial charge >= 0.3 is 0 Å². The molecule has 0 fully saturated rings. The Balaban J connectivity index is 2.52. The van der Waals surface area contributed by atoms with E-state index in [1.165, 1.54) is 0 Å². The molecule has 0 radical (unpaired) electrons. The molecule has 0 atom stereocenters. The van der Waals surface area contributed by atoms with Gasteiger partial charge in [0.2, 0.25) is 0 Å². The Labute approximate surface area is 107 Å². The van der Waals surface area contributed by atoms with Gasteiger partial charge in [0.1, 0.15) is 0 Å². The van der Waals surface area contributed by atoms with E-state index in [4.69, 9.17) is 11.6 Å². The van der Waals surface area contributed by atoms with Crippen molar-refractivity contribution in [2.24, 2.45) is 4.99 Å². The van der Waals surface area contributed by atoms with Crippen LogP contribution in [0, 0.1) is 0 Å². The highest BCUT2D eigenvalue weighted by atomic mass is 35.5. The van der Waals surface area contributed by atoms with Crippen LogP contribution in [0.1, 0.15) is 13.3 Å². The quantitative estimate of drug-likeness (QED) is 0.664. The number of halogens is 1. The predicted octanol–water partition coefficient (Wildman–Crippen LogP) is 5.12. The fourth-order valence-corrected chi connectivity index (χ4v) is 1.92. The van der Waals surface area contributed by atoms with Gasteiger partial charge < -0.3 is 0 Å². The van der Waals surface area contributed by atoms with E-state index in [1.54, 1.807) is 0 Å². The van der Waals surface area contributed by atoms with Gasteiger partial charge in [-0.3, -0.25) is 4.99 Å². The Kier molecular flexibility index (Phi) is 3.94. The van der Waals surface area contributed by atoms with E-state index < -0.39 is 0 Å². The lowest BCUT2D eigenvalue weighted by atomic mass is 10.0. The summed E-state index contributed by atoms with van der Waals surface area (Å²) >= 11 is 6.21. The van der Waals surface area contributed by atoms with Crippen molar-refractivity contribution < 1.29 is 0 Å². The lowest BCUT2D eigenvalue weighted by Crippen LogP contribution is -1.80. The summed E-state index contributed by atoms with van der Waals surface area (Å²) in [5, 5.41) is 0.756. The minimum Gasteiger partial charge on any atom is -0.261 e. The summed E-state index contributed by atoms with van der Waals surface area (Å²) in [6.07, 6.45) is 2.84. The second kappa shape index (κ2) is 5.65. The van der Waals surface area contributed by atoms with Crippen molar-refractivity contribution in [3.8, 4) is 11.1 Å². The van der Waals surface area contributed by atoms with Gasteiger partial charge in [-0.2, -0.15) is 0 Å². The summed E-state index contributed by atoms with van der Waals surface area (Å²) in [7, 11) is 0. The normalized spacial score (nSPS) is 10.9. The number of aliphatic imine (C=N–C) groups is 1. The standard InChI is InChI=1S/C15H14ClN/c1-2-11-17-15-10-6-4-8-13(15)12-7-3-5-9-14(12)16/h3-11H,2H2,1H3/b17-11+. The van der Waals surface area contributed by atoms with Crippen LogP contribution >= 0.6 is 11.6 Å². The van der Waals surface area contributed by atoms with E-state index >= 15 is 0 Å². The second-order valence-electron chi connectivity index (χ2n) is 3.72. The monoisotopic (exact) mass is 243 g/mol. The summed E-state index contributed by atoms with van der Waals surface area (Å²) in [5.74, 6) is 0. The average molecular weight is 244 g/mol. The lowest BCUT2D eigenvalue weighted by Gasteiger charge is -2.07. The van der Waals surface area contributed by atoms with E-state index in [-0.39, 0.29) is 0 Å². The van der Waals surface area contributed by atoms with Crippen molar-refractivity contribution in [2.75, 3.05) is 0 Å². The largest absolute Gasteiger partial charge is 0.261 e. The molecule has 0 aliphatic carbocycles.